The molecule has 3 rings (SSSR count). The van der Waals surface area contributed by atoms with Crippen LogP contribution in [0.25, 0.3) is 22.4 Å². The van der Waals surface area contributed by atoms with E-state index in [4.69, 9.17) is 9.15 Å². The van der Waals surface area contributed by atoms with Crippen molar-refractivity contribution in [1.29, 1.82) is 0 Å². The Morgan fingerprint density at radius 3 is 2.88 bits per heavy atom. The van der Waals surface area contributed by atoms with Crippen molar-refractivity contribution in [3.05, 3.63) is 36.3 Å². The van der Waals surface area contributed by atoms with Crippen molar-refractivity contribution in [2.45, 2.75) is 6.92 Å². The number of benzene rings is 1. The summed E-state index contributed by atoms with van der Waals surface area (Å²) < 4.78 is 10.5. The van der Waals surface area contributed by atoms with Crippen LogP contribution in [-0.2, 0) is 0 Å². The zero-order chi connectivity index (χ0) is 11.8. The maximum atomic E-state index is 5.28. The first-order valence-electron chi connectivity index (χ1n) is 5.36. The summed E-state index contributed by atoms with van der Waals surface area (Å²) in [5.41, 5.74) is 2.86. The number of hydrogen-bond donors (Lipinski definition) is 1. The minimum atomic E-state index is 0.816. The fraction of sp³-hybridized carbons (Fsp3) is 0.154. The van der Waals surface area contributed by atoms with E-state index in [9.17, 15) is 0 Å². The van der Waals surface area contributed by atoms with E-state index < -0.39 is 0 Å². The van der Waals surface area contributed by atoms with Crippen molar-refractivity contribution < 1.29 is 9.15 Å². The summed E-state index contributed by atoms with van der Waals surface area (Å²) >= 11 is 0. The van der Waals surface area contributed by atoms with Gasteiger partial charge in [0.05, 0.1) is 30.0 Å². The lowest BCUT2D eigenvalue weighted by molar-refractivity contribution is 0.415. The molecular weight excluding hydrogens is 216 g/mol. The number of imidazole rings is 1. The molecule has 0 saturated heterocycles. The molecule has 1 aromatic carbocycles. The van der Waals surface area contributed by atoms with Gasteiger partial charge in [0.2, 0.25) is 0 Å². The van der Waals surface area contributed by atoms with Crippen LogP contribution in [-0.4, -0.2) is 17.1 Å². The molecule has 0 unspecified atom stereocenters. The second-order valence-corrected chi connectivity index (χ2v) is 3.86. The molecule has 0 aliphatic carbocycles. The Morgan fingerprint density at radius 2 is 2.18 bits per heavy atom. The second kappa shape index (κ2) is 3.66. The highest BCUT2D eigenvalue weighted by Gasteiger charge is 2.10. The summed E-state index contributed by atoms with van der Waals surface area (Å²) in [4.78, 5) is 7.78. The summed E-state index contributed by atoms with van der Waals surface area (Å²) in [5.74, 6) is 2.49. The van der Waals surface area contributed by atoms with Gasteiger partial charge in [-0.05, 0) is 25.1 Å². The van der Waals surface area contributed by atoms with Crippen LogP contribution in [0, 0.1) is 6.92 Å². The molecule has 0 aliphatic heterocycles. The fourth-order valence-corrected chi connectivity index (χ4v) is 1.87. The molecule has 2 aromatic heterocycles. The molecule has 0 aliphatic rings. The molecule has 3 aromatic rings. The van der Waals surface area contributed by atoms with Gasteiger partial charge in [0, 0.05) is 6.07 Å². The van der Waals surface area contributed by atoms with Crippen LogP contribution >= 0.6 is 0 Å². The first kappa shape index (κ1) is 9.96. The van der Waals surface area contributed by atoms with E-state index in [1.807, 2.05) is 31.2 Å². The van der Waals surface area contributed by atoms with Gasteiger partial charge < -0.3 is 14.1 Å². The van der Waals surface area contributed by atoms with E-state index >= 15 is 0 Å². The second-order valence-electron chi connectivity index (χ2n) is 3.86. The van der Waals surface area contributed by atoms with Gasteiger partial charge in [-0.25, -0.2) is 4.98 Å². The summed E-state index contributed by atoms with van der Waals surface area (Å²) in [6, 6.07) is 7.67. The highest BCUT2D eigenvalue weighted by molar-refractivity contribution is 5.80. The third-order valence-electron chi connectivity index (χ3n) is 2.80. The van der Waals surface area contributed by atoms with Crippen molar-refractivity contribution in [3.8, 4) is 17.1 Å². The largest absolute Gasteiger partial charge is 0.497 e. The number of H-pyrrole nitrogens is 1. The van der Waals surface area contributed by atoms with Gasteiger partial charge in [-0.1, -0.05) is 0 Å². The molecule has 0 atom stereocenters. The van der Waals surface area contributed by atoms with Crippen molar-refractivity contribution in [1.82, 2.24) is 9.97 Å². The molecule has 17 heavy (non-hydrogen) atoms. The Labute approximate surface area is 98.2 Å². The number of rotatable bonds is 2. The summed E-state index contributed by atoms with van der Waals surface area (Å²) in [6.45, 7) is 1.92. The molecule has 0 spiro atoms. The summed E-state index contributed by atoms with van der Waals surface area (Å²) in [5, 5.41) is 0. The highest BCUT2D eigenvalue weighted by Crippen LogP contribution is 2.26. The Balaban J connectivity index is 2.17. The average Bonchev–Trinajstić information content (AvgIpc) is 2.93. The number of aromatic amines is 1. The van der Waals surface area contributed by atoms with Gasteiger partial charge in [0.1, 0.15) is 17.3 Å². The van der Waals surface area contributed by atoms with E-state index in [2.05, 4.69) is 9.97 Å². The zero-order valence-corrected chi connectivity index (χ0v) is 9.65. The molecule has 1 N–H and O–H groups in total. The lowest BCUT2D eigenvalue weighted by Crippen LogP contribution is -1.81. The molecular formula is C13H12N2O2. The number of methoxy groups -OCH3 is 1. The average molecular weight is 228 g/mol. The van der Waals surface area contributed by atoms with Crippen LogP contribution in [0.1, 0.15) is 5.76 Å². The molecule has 0 amide bonds. The zero-order valence-electron chi connectivity index (χ0n) is 9.65. The molecule has 86 valence electrons. The van der Waals surface area contributed by atoms with E-state index in [0.29, 0.717) is 0 Å². The van der Waals surface area contributed by atoms with E-state index in [-0.39, 0.29) is 0 Å². The van der Waals surface area contributed by atoms with Gasteiger partial charge in [-0.3, -0.25) is 0 Å². The SMILES string of the molecule is COc1ccc2nc(-c3ccoc3C)[nH]c2c1. The minimum Gasteiger partial charge on any atom is -0.497 e. The quantitative estimate of drug-likeness (QED) is 0.733. The van der Waals surface area contributed by atoms with E-state index in [1.165, 1.54) is 0 Å². The third kappa shape index (κ3) is 1.58. The number of furan rings is 1. The van der Waals surface area contributed by atoms with Crippen molar-refractivity contribution >= 4 is 11.0 Å². The molecule has 0 radical (unpaired) electrons. The van der Waals surface area contributed by atoms with Crippen molar-refractivity contribution in [2.24, 2.45) is 0 Å². The normalized spacial score (nSPS) is 10.9. The molecule has 2 heterocycles. The van der Waals surface area contributed by atoms with Gasteiger partial charge in [0.15, 0.2) is 0 Å². The molecule has 0 bridgehead atoms. The van der Waals surface area contributed by atoms with Crippen LogP contribution < -0.4 is 4.74 Å². The maximum absolute atomic E-state index is 5.28. The first-order valence-corrected chi connectivity index (χ1v) is 5.36. The molecule has 4 heteroatoms. The number of ether oxygens (including phenoxy) is 1. The van der Waals surface area contributed by atoms with Crippen LogP contribution in [0.3, 0.4) is 0 Å². The number of hydrogen-bond acceptors (Lipinski definition) is 3. The monoisotopic (exact) mass is 228 g/mol. The van der Waals surface area contributed by atoms with Crippen molar-refractivity contribution in [3.63, 3.8) is 0 Å². The lowest BCUT2D eigenvalue weighted by Gasteiger charge is -1.96. The van der Waals surface area contributed by atoms with E-state index in [0.717, 1.165) is 33.9 Å². The third-order valence-corrected chi connectivity index (χ3v) is 2.80. The number of nitrogens with one attached hydrogen (secondary N) is 1. The Hall–Kier alpha value is -2.23. The minimum absolute atomic E-state index is 0.816. The smallest absolute Gasteiger partial charge is 0.142 e. The molecule has 4 nitrogen and oxygen atoms in total. The Morgan fingerprint density at radius 1 is 1.29 bits per heavy atom. The summed E-state index contributed by atoms with van der Waals surface area (Å²) in [7, 11) is 1.65. The first-order chi connectivity index (χ1) is 8.28. The van der Waals surface area contributed by atoms with Crippen LogP contribution in [0.4, 0.5) is 0 Å². The van der Waals surface area contributed by atoms with Crippen molar-refractivity contribution in [2.75, 3.05) is 7.11 Å². The van der Waals surface area contributed by atoms with Crippen LogP contribution in [0.5, 0.6) is 5.75 Å². The van der Waals surface area contributed by atoms with Gasteiger partial charge in [0.25, 0.3) is 0 Å². The van der Waals surface area contributed by atoms with Crippen LogP contribution in [0.15, 0.2) is 34.9 Å². The fourth-order valence-electron chi connectivity index (χ4n) is 1.87. The van der Waals surface area contributed by atoms with Gasteiger partial charge in [-0.2, -0.15) is 0 Å². The topological polar surface area (TPSA) is 51.1 Å². The Kier molecular flexibility index (Phi) is 2.14. The predicted octanol–water partition coefficient (Wildman–Crippen LogP) is 3.14. The number of fused-ring (bicyclic) bond motifs is 1. The number of aromatic nitrogens is 2. The Bertz CT molecular complexity index is 667. The highest BCUT2D eigenvalue weighted by atomic mass is 16.5. The maximum Gasteiger partial charge on any atom is 0.142 e. The number of aryl methyl sites for hydroxylation is 1. The van der Waals surface area contributed by atoms with Crippen LogP contribution in [0.2, 0.25) is 0 Å². The van der Waals surface area contributed by atoms with Gasteiger partial charge >= 0.3 is 0 Å². The number of nitrogens with zero attached hydrogens (tertiary/aromatic N) is 1. The lowest BCUT2D eigenvalue weighted by atomic mass is 10.2. The predicted molar refractivity (Wildman–Crippen MR) is 65.1 cm³/mol. The van der Waals surface area contributed by atoms with Gasteiger partial charge in [-0.15, -0.1) is 0 Å². The van der Waals surface area contributed by atoms with E-state index in [1.54, 1.807) is 13.4 Å². The standard InChI is InChI=1S/C13H12N2O2/c1-8-10(5-6-17-8)13-14-11-4-3-9(16-2)7-12(11)15-13/h3-7H,1-2H3,(H,14,15). The summed E-state index contributed by atoms with van der Waals surface area (Å²) in [6.07, 6.45) is 1.67. The molecule has 0 fully saturated rings. The molecule has 0 saturated carbocycles.